The summed E-state index contributed by atoms with van der Waals surface area (Å²) < 4.78 is 12.7. The Morgan fingerprint density at radius 2 is 1.71 bits per heavy atom. The normalized spacial score (nSPS) is 8.76. The van der Waals surface area contributed by atoms with Crippen molar-refractivity contribution in [3.05, 3.63) is 29.0 Å². The second-order valence-corrected chi connectivity index (χ2v) is 4.04. The van der Waals surface area contributed by atoms with Gasteiger partial charge in [-0.3, -0.25) is 0 Å². The lowest BCUT2D eigenvalue weighted by Crippen LogP contribution is -2.09. The van der Waals surface area contributed by atoms with Crippen LogP contribution in [0, 0.1) is 5.82 Å². The zero-order chi connectivity index (χ0) is 13.8. The van der Waals surface area contributed by atoms with Gasteiger partial charge in [0.15, 0.2) is 0 Å². The van der Waals surface area contributed by atoms with Crippen molar-refractivity contribution >= 4 is 17.3 Å². The molecule has 1 rings (SSSR count). The van der Waals surface area contributed by atoms with Gasteiger partial charge >= 0.3 is 0 Å². The SMILES string of the molecule is CC.CC(C)Nc1ccc(F)c(Cl)c1.CCC. The summed E-state index contributed by atoms with van der Waals surface area (Å²) in [5.74, 6) is -0.383. The molecule has 0 aromatic heterocycles. The molecular weight excluding hydrogens is 237 g/mol. The van der Waals surface area contributed by atoms with Crippen molar-refractivity contribution in [1.29, 1.82) is 0 Å². The van der Waals surface area contributed by atoms with Crippen molar-refractivity contribution in [2.24, 2.45) is 0 Å². The lowest BCUT2D eigenvalue weighted by Gasteiger charge is -2.09. The van der Waals surface area contributed by atoms with Crippen molar-refractivity contribution in [3.8, 4) is 0 Å². The first-order valence-corrected chi connectivity index (χ1v) is 6.60. The van der Waals surface area contributed by atoms with Crippen molar-refractivity contribution in [2.45, 2.75) is 54.0 Å². The molecule has 1 N–H and O–H groups in total. The van der Waals surface area contributed by atoms with Crippen LogP contribution in [0.1, 0.15) is 48.0 Å². The molecule has 0 bridgehead atoms. The van der Waals surface area contributed by atoms with Crippen LogP contribution in [0.5, 0.6) is 0 Å². The molecule has 17 heavy (non-hydrogen) atoms. The van der Waals surface area contributed by atoms with Crippen LogP contribution in [-0.2, 0) is 0 Å². The summed E-state index contributed by atoms with van der Waals surface area (Å²) in [6.07, 6.45) is 1.25. The van der Waals surface area contributed by atoms with E-state index in [1.54, 1.807) is 12.1 Å². The molecule has 0 spiro atoms. The fourth-order valence-electron chi connectivity index (χ4n) is 0.919. The molecule has 0 unspecified atom stereocenters. The van der Waals surface area contributed by atoms with Gasteiger partial charge in [-0.2, -0.15) is 0 Å². The summed E-state index contributed by atoms with van der Waals surface area (Å²) in [4.78, 5) is 0. The van der Waals surface area contributed by atoms with Gasteiger partial charge < -0.3 is 5.32 Å². The number of benzene rings is 1. The van der Waals surface area contributed by atoms with Crippen LogP contribution in [-0.4, -0.2) is 6.04 Å². The Morgan fingerprint density at radius 3 is 2.06 bits per heavy atom. The number of halogens is 2. The summed E-state index contributed by atoms with van der Waals surface area (Å²) in [5, 5.41) is 3.28. The highest BCUT2D eigenvalue weighted by molar-refractivity contribution is 6.31. The van der Waals surface area contributed by atoms with E-state index in [0.29, 0.717) is 6.04 Å². The Bertz CT molecular complexity index is 288. The van der Waals surface area contributed by atoms with Crippen LogP contribution in [0.2, 0.25) is 5.02 Å². The van der Waals surface area contributed by atoms with E-state index < -0.39 is 0 Å². The molecule has 0 atom stereocenters. The molecule has 0 aliphatic heterocycles. The van der Waals surface area contributed by atoms with Gasteiger partial charge in [0, 0.05) is 11.7 Å². The molecule has 0 saturated heterocycles. The standard InChI is InChI=1S/C9H11ClFN.C3H8.C2H6/c1-6(2)12-7-3-4-9(11)8(10)5-7;1-3-2;1-2/h3-6,12H,1-2H3;3H2,1-2H3;1-2H3. The van der Waals surface area contributed by atoms with E-state index in [1.165, 1.54) is 12.5 Å². The van der Waals surface area contributed by atoms with Crippen LogP contribution in [0.15, 0.2) is 18.2 Å². The average molecular weight is 262 g/mol. The van der Waals surface area contributed by atoms with Gasteiger partial charge in [0.2, 0.25) is 0 Å². The summed E-state index contributed by atoms with van der Waals surface area (Å²) in [6, 6.07) is 4.93. The van der Waals surface area contributed by atoms with E-state index in [0.717, 1.165) is 5.69 Å². The van der Waals surface area contributed by atoms with Crippen molar-refractivity contribution in [3.63, 3.8) is 0 Å². The molecule has 0 radical (unpaired) electrons. The third-order valence-electron chi connectivity index (χ3n) is 1.37. The maximum Gasteiger partial charge on any atom is 0.141 e. The lowest BCUT2D eigenvalue weighted by molar-refractivity contribution is 0.628. The van der Waals surface area contributed by atoms with Gasteiger partial charge in [-0.25, -0.2) is 4.39 Å². The minimum atomic E-state index is -0.383. The Hall–Kier alpha value is -0.760. The van der Waals surface area contributed by atoms with E-state index >= 15 is 0 Å². The van der Waals surface area contributed by atoms with Gasteiger partial charge in [0.05, 0.1) is 5.02 Å². The first kappa shape index (κ1) is 18.6. The Balaban J connectivity index is 0. The van der Waals surface area contributed by atoms with Crippen LogP contribution >= 0.6 is 11.6 Å². The molecule has 1 nitrogen and oxygen atoms in total. The Morgan fingerprint density at radius 1 is 1.24 bits per heavy atom. The molecule has 0 saturated carbocycles. The molecule has 0 aliphatic rings. The second-order valence-electron chi connectivity index (χ2n) is 3.64. The number of hydrogen-bond acceptors (Lipinski definition) is 1. The van der Waals surface area contributed by atoms with Crippen LogP contribution in [0.3, 0.4) is 0 Å². The van der Waals surface area contributed by atoms with Crippen molar-refractivity contribution < 1.29 is 4.39 Å². The van der Waals surface area contributed by atoms with E-state index in [4.69, 9.17) is 11.6 Å². The Labute approximate surface area is 110 Å². The lowest BCUT2D eigenvalue weighted by atomic mass is 10.3. The van der Waals surface area contributed by atoms with Gasteiger partial charge in [-0.1, -0.05) is 45.7 Å². The summed E-state index contributed by atoms with van der Waals surface area (Å²) in [5.41, 5.74) is 0.844. The summed E-state index contributed by atoms with van der Waals surface area (Å²) in [6.45, 7) is 12.3. The Kier molecular flexibility index (Phi) is 12.8. The monoisotopic (exact) mass is 261 g/mol. The van der Waals surface area contributed by atoms with Gasteiger partial charge in [-0.05, 0) is 32.0 Å². The van der Waals surface area contributed by atoms with Crippen molar-refractivity contribution in [1.82, 2.24) is 0 Å². The van der Waals surface area contributed by atoms with Crippen LogP contribution < -0.4 is 5.32 Å². The molecule has 1 aromatic rings. The maximum atomic E-state index is 12.7. The predicted octanol–water partition coefficient (Wildman–Crippen LogP) is 5.74. The fourth-order valence-corrected chi connectivity index (χ4v) is 1.10. The zero-order valence-electron chi connectivity index (χ0n) is 11.8. The molecule has 0 aliphatic carbocycles. The minimum absolute atomic E-state index is 0.153. The third kappa shape index (κ3) is 10.1. The number of anilines is 1. The van der Waals surface area contributed by atoms with Crippen LogP contribution in [0.4, 0.5) is 10.1 Å². The molecule has 0 heterocycles. The van der Waals surface area contributed by atoms with Gasteiger partial charge in [0.1, 0.15) is 5.82 Å². The van der Waals surface area contributed by atoms with Gasteiger partial charge in [0.25, 0.3) is 0 Å². The fraction of sp³-hybridized carbons (Fsp3) is 0.571. The van der Waals surface area contributed by atoms with Crippen molar-refractivity contribution in [2.75, 3.05) is 5.32 Å². The molecule has 0 fully saturated rings. The number of hydrogen-bond donors (Lipinski definition) is 1. The average Bonchev–Trinajstić information content (AvgIpc) is 2.27. The highest BCUT2D eigenvalue weighted by Crippen LogP contribution is 2.19. The second kappa shape index (κ2) is 11.7. The van der Waals surface area contributed by atoms with E-state index in [1.807, 2.05) is 27.7 Å². The predicted molar refractivity (Wildman–Crippen MR) is 77.5 cm³/mol. The van der Waals surface area contributed by atoms with Crippen LogP contribution in [0.25, 0.3) is 0 Å². The molecule has 100 valence electrons. The summed E-state index contributed by atoms with van der Waals surface area (Å²) >= 11 is 5.58. The van der Waals surface area contributed by atoms with E-state index in [9.17, 15) is 4.39 Å². The zero-order valence-corrected chi connectivity index (χ0v) is 12.5. The largest absolute Gasteiger partial charge is 0.383 e. The van der Waals surface area contributed by atoms with Gasteiger partial charge in [-0.15, -0.1) is 0 Å². The van der Waals surface area contributed by atoms with E-state index in [2.05, 4.69) is 19.2 Å². The summed E-state index contributed by atoms with van der Waals surface area (Å²) in [7, 11) is 0. The maximum absolute atomic E-state index is 12.7. The third-order valence-corrected chi connectivity index (χ3v) is 1.66. The number of nitrogens with one attached hydrogen (secondary N) is 1. The quantitative estimate of drug-likeness (QED) is 0.716. The number of rotatable bonds is 2. The molecular formula is C14H25ClFN. The highest BCUT2D eigenvalue weighted by atomic mass is 35.5. The first-order chi connectivity index (χ1) is 8.01. The molecule has 1 aromatic carbocycles. The molecule has 3 heteroatoms. The minimum Gasteiger partial charge on any atom is -0.383 e. The highest BCUT2D eigenvalue weighted by Gasteiger charge is 2.00. The first-order valence-electron chi connectivity index (χ1n) is 6.22. The molecule has 0 amide bonds. The van der Waals surface area contributed by atoms with E-state index in [-0.39, 0.29) is 10.8 Å². The topological polar surface area (TPSA) is 12.0 Å². The smallest absolute Gasteiger partial charge is 0.141 e.